The van der Waals surface area contributed by atoms with E-state index in [-0.39, 0.29) is 28.7 Å². The van der Waals surface area contributed by atoms with E-state index in [1.807, 2.05) is 11.0 Å². The Bertz CT molecular complexity index is 743. The fourth-order valence-electron chi connectivity index (χ4n) is 3.33. The Hall–Kier alpha value is -1.62. The summed E-state index contributed by atoms with van der Waals surface area (Å²) in [7, 11) is -3.28. The van der Waals surface area contributed by atoms with Gasteiger partial charge in [-0.15, -0.1) is 0 Å². The fourth-order valence-corrected chi connectivity index (χ4v) is 4.48. The highest BCUT2D eigenvalue weighted by Crippen LogP contribution is 2.41. The third kappa shape index (κ3) is 4.51. The van der Waals surface area contributed by atoms with Gasteiger partial charge in [-0.05, 0) is 44.7 Å². The summed E-state index contributed by atoms with van der Waals surface area (Å²) in [5, 5.41) is 0. The van der Waals surface area contributed by atoms with Crippen molar-refractivity contribution in [1.29, 1.82) is 0 Å². The zero-order valence-electron chi connectivity index (χ0n) is 15.8. The number of amides is 1. The van der Waals surface area contributed by atoms with Crippen LogP contribution in [0.3, 0.4) is 0 Å². The number of likely N-dealkylation sites (tertiary alicyclic amines) is 1. The molecule has 1 atom stereocenters. The molecule has 0 radical (unpaired) electrons. The van der Waals surface area contributed by atoms with Crippen LogP contribution in [0.5, 0.6) is 0 Å². The molecule has 1 unspecified atom stereocenters. The molecule has 1 amide bonds. The third-order valence-corrected chi connectivity index (χ3v) is 6.42. The summed E-state index contributed by atoms with van der Waals surface area (Å²) in [6, 6.07) is 8.69. The minimum atomic E-state index is -3.28. The number of rotatable bonds is 6. The first-order chi connectivity index (χ1) is 11.5. The van der Waals surface area contributed by atoms with Crippen molar-refractivity contribution >= 4 is 15.7 Å². The molecule has 0 N–H and O–H groups in total. The predicted molar refractivity (Wildman–Crippen MR) is 101 cm³/mol. The van der Waals surface area contributed by atoms with Crippen LogP contribution in [0.2, 0.25) is 0 Å². The number of sulfone groups is 1. The molecular weight excluding hydrogens is 334 g/mol. The van der Waals surface area contributed by atoms with Crippen molar-refractivity contribution in [1.82, 2.24) is 4.90 Å². The number of benzene rings is 1. The molecule has 0 saturated carbocycles. The number of hydrogen-bond donors (Lipinski definition) is 0. The maximum atomic E-state index is 12.3. The molecule has 1 aromatic rings. The second-order valence-corrected chi connectivity index (χ2v) is 10.4. The molecule has 1 saturated heterocycles. The molecule has 0 aromatic heterocycles. The summed E-state index contributed by atoms with van der Waals surface area (Å²) in [4.78, 5) is 14.3. The van der Waals surface area contributed by atoms with Gasteiger partial charge in [0.2, 0.25) is 5.91 Å². The Kier molecular flexibility index (Phi) is 5.47. The van der Waals surface area contributed by atoms with Crippen molar-refractivity contribution in [2.45, 2.75) is 63.9 Å². The van der Waals surface area contributed by atoms with Crippen LogP contribution in [-0.2, 0) is 14.6 Å². The summed E-state index contributed by atoms with van der Waals surface area (Å²) in [6.45, 7) is 10.4. The molecule has 5 heteroatoms. The molecule has 1 aromatic carbocycles. The first-order valence-corrected chi connectivity index (χ1v) is 10.4. The van der Waals surface area contributed by atoms with Crippen LogP contribution in [0.4, 0.5) is 0 Å². The molecule has 138 valence electrons. The summed E-state index contributed by atoms with van der Waals surface area (Å²) >= 11 is 0. The van der Waals surface area contributed by atoms with E-state index in [0.717, 1.165) is 6.42 Å². The largest absolute Gasteiger partial charge is 0.334 e. The molecule has 1 heterocycles. The van der Waals surface area contributed by atoms with E-state index in [1.165, 1.54) is 0 Å². The Morgan fingerprint density at radius 1 is 1.08 bits per heavy atom. The van der Waals surface area contributed by atoms with E-state index in [0.29, 0.717) is 11.3 Å². The van der Waals surface area contributed by atoms with E-state index < -0.39 is 9.84 Å². The van der Waals surface area contributed by atoms with Crippen molar-refractivity contribution < 1.29 is 13.2 Å². The average molecular weight is 364 g/mol. The van der Waals surface area contributed by atoms with Crippen LogP contribution in [0, 0.1) is 5.41 Å². The van der Waals surface area contributed by atoms with Crippen molar-refractivity contribution in [3.05, 3.63) is 42.5 Å². The highest BCUT2D eigenvalue weighted by Gasteiger charge is 2.49. The van der Waals surface area contributed by atoms with E-state index in [9.17, 15) is 13.2 Å². The van der Waals surface area contributed by atoms with Crippen LogP contribution in [-0.4, -0.2) is 36.6 Å². The Morgan fingerprint density at radius 3 is 2.20 bits per heavy atom. The molecular formula is C20H29NO3S. The van der Waals surface area contributed by atoms with Gasteiger partial charge in [-0.25, -0.2) is 8.42 Å². The average Bonchev–Trinajstić information content (AvgIpc) is 2.48. The lowest BCUT2D eigenvalue weighted by Crippen LogP contribution is -2.65. The van der Waals surface area contributed by atoms with Gasteiger partial charge in [-0.2, -0.15) is 0 Å². The van der Waals surface area contributed by atoms with Gasteiger partial charge in [0.15, 0.2) is 9.84 Å². The number of β-lactam (4-membered cyclic amide) rings is 1. The second kappa shape index (κ2) is 6.94. The molecule has 1 aliphatic heterocycles. The summed E-state index contributed by atoms with van der Waals surface area (Å²) in [5.41, 5.74) is -0.272. The van der Waals surface area contributed by atoms with Crippen LogP contribution >= 0.6 is 0 Å². The normalized spacial score (nSPS) is 19.3. The van der Waals surface area contributed by atoms with Crippen molar-refractivity contribution in [3.63, 3.8) is 0 Å². The molecule has 1 aliphatic rings. The Balaban J connectivity index is 1.98. The van der Waals surface area contributed by atoms with Gasteiger partial charge in [0.05, 0.1) is 10.6 Å². The van der Waals surface area contributed by atoms with Crippen LogP contribution in [0.1, 0.15) is 47.5 Å². The zero-order valence-corrected chi connectivity index (χ0v) is 16.6. The lowest BCUT2D eigenvalue weighted by Gasteiger charge is -2.55. The van der Waals surface area contributed by atoms with Gasteiger partial charge in [0, 0.05) is 18.0 Å². The molecule has 0 spiro atoms. The van der Waals surface area contributed by atoms with Crippen LogP contribution in [0.15, 0.2) is 47.4 Å². The van der Waals surface area contributed by atoms with Gasteiger partial charge in [-0.3, -0.25) is 4.79 Å². The van der Waals surface area contributed by atoms with Gasteiger partial charge >= 0.3 is 0 Å². The molecule has 4 nitrogen and oxygen atoms in total. The molecule has 0 bridgehead atoms. The fraction of sp³-hybridized carbons (Fsp3) is 0.550. The van der Waals surface area contributed by atoms with E-state index in [1.54, 1.807) is 36.4 Å². The van der Waals surface area contributed by atoms with Crippen LogP contribution < -0.4 is 0 Å². The zero-order chi connectivity index (χ0) is 18.9. The number of carbonyl (C=O) groups is 1. The van der Waals surface area contributed by atoms with Crippen molar-refractivity contribution in [3.8, 4) is 0 Å². The summed E-state index contributed by atoms with van der Waals surface area (Å²) in [6.07, 6.45) is 4.97. The lowest BCUT2D eigenvalue weighted by molar-refractivity contribution is -0.162. The van der Waals surface area contributed by atoms with Crippen LogP contribution in [0.25, 0.3) is 0 Å². The number of allylic oxidation sites excluding steroid dienone is 1. The maximum absolute atomic E-state index is 12.3. The van der Waals surface area contributed by atoms with Crippen molar-refractivity contribution in [2.75, 3.05) is 5.75 Å². The molecule has 2 rings (SSSR count). The molecule has 0 aliphatic carbocycles. The smallest absolute Gasteiger partial charge is 0.225 e. The van der Waals surface area contributed by atoms with Gasteiger partial charge in [-0.1, -0.05) is 44.2 Å². The second-order valence-electron chi connectivity index (χ2n) is 8.41. The minimum absolute atomic E-state index is 0.000322. The number of nitrogens with zero attached hydrogens (tertiary/aromatic N) is 1. The van der Waals surface area contributed by atoms with E-state index in [2.05, 4.69) is 34.6 Å². The lowest BCUT2D eigenvalue weighted by atomic mass is 9.72. The minimum Gasteiger partial charge on any atom is -0.334 e. The number of carbonyl (C=O) groups excluding carboxylic acids is 1. The predicted octanol–water partition coefficient (Wildman–Crippen LogP) is 3.83. The van der Waals surface area contributed by atoms with Crippen molar-refractivity contribution in [2.24, 2.45) is 5.41 Å². The first kappa shape index (κ1) is 19.7. The van der Waals surface area contributed by atoms with E-state index in [4.69, 9.17) is 0 Å². The quantitative estimate of drug-likeness (QED) is 0.570. The molecule has 1 fully saturated rings. The summed E-state index contributed by atoms with van der Waals surface area (Å²) < 4.78 is 24.6. The monoisotopic (exact) mass is 363 g/mol. The topological polar surface area (TPSA) is 54.5 Å². The SMILES string of the molecule is CC(C)(C/C=C/CS(=O)(=O)c1ccccc1)C1CC(=O)N1C(C)(C)C. The Labute approximate surface area is 151 Å². The summed E-state index contributed by atoms with van der Waals surface area (Å²) in [5.74, 6) is 0.195. The van der Waals surface area contributed by atoms with Gasteiger partial charge in [0.25, 0.3) is 0 Å². The highest BCUT2D eigenvalue weighted by molar-refractivity contribution is 7.91. The maximum Gasteiger partial charge on any atom is 0.225 e. The standard InChI is InChI=1S/C20H29NO3S/c1-19(2,3)21-17(15-18(21)22)20(4,5)13-9-10-14-25(23,24)16-11-7-6-8-12-16/h6-12,17H,13-15H2,1-5H3/b10-9+. The van der Waals surface area contributed by atoms with E-state index >= 15 is 0 Å². The molecule has 25 heavy (non-hydrogen) atoms. The number of hydrogen-bond acceptors (Lipinski definition) is 3. The third-order valence-electron chi connectivity index (χ3n) is 4.80. The first-order valence-electron chi connectivity index (χ1n) is 8.70. The highest BCUT2D eigenvalue weighted by atomic mass is 32.2. The Morgan fingerprint density at radius 2 is 1.68 bits per heavy atom. The van der Waals surface area contributed by atoms with Gasteiger partial charge in [0.1, 0.15) is 0 Å². The van der Waals surface area contributed by atoms with Gasteiger partial charge < -0.3 is 4.90 Å².